The summed E-state index contributed by atoms with van der Waals surface area (Å²) in [5, 5.41) is 9.01. The smallest absolute Gasteiger partial charge is 0.180 e. The van der Waals surface area contributed by atoms with Gasteiger partial charge in [-0.05, 0) is 24.1 Å². The van der Waals surface area contributed by atoms with Crippen LogP contribution in [0.25, 0.3) is 11.0 Å². The highest BCUT2D eigenvalue weighted by Crippen LogP contribution is 2.19. The van der Waals surface area contributed by atoms with Crippen molar-refractivity contribution >= 4 is 16.8 Å². The molecule has 2 rings (SSSR count). The van der Waals surface area contributed by atoms with Crippen molar-refractivity contribution in [3.05, 3.63) is 30.1 Å². The molecule has 86 valence electrons. The lowest BCUT2D eigenvalue weighted by atomic mass is 9.89. The van der Waals surface area contributed by atoms with Gasteiger partial charge in [-0.15, -0.1) is 0 Å². The number of nitriles is 1. The number of hydrogen-bond donors (Lipinski definition) is 1. The summed E-state index contributed by atoms with van der Waals surface area (Å²) in [6.45, 7) is 3.75. The van der Waals surface area contributed by atoms with Crippen LogP contribution in [0, 0.1) is 23.2 Å². The van der Waals surface area contributed by atoms with Gasteiger partial charge in [-0.3, -0.25) is 4.79 Å². The molecular weight excluding hydrogens is 214 g/mol. The number of fused-ring (bicyclic) bond motifs is 1. The second-order valence-electron chi connectivity index (χ2n) is 4.35. The molecule has 0 aliphatic rings. The van der Waals surface area contributed by atoms with Crippen LogP contribution < -0.4 is 0 Å². The number of imidazole rings is 1. The van der Waals surface area contributed by atoms with E-state index in [1.54, 1.807) is 24.5 Å². The minimum Gasteiger partial charge on any atom is -0.345 e. The molecule has 1 atom stereocenters. The van der Waals surface area contributed by atoms with Crippen LogP contribution in [-0.4, -0.2) is 15.8 Å². The highest BCUT2D eigenvalue weighted by molar-refractivity contribution is 6.01. The molecule has 1 aromatic carbocycles. The van der Waals surface area contributed by atoms with Gasteiger partial charge in [0, 0.05) is 5.56 Å². The van der Waals surface area contributed by atoms with Gasteiger partial charge in [0.05, 0.1) is 23.4 Å². The zero-order chi connectivity index (χ0) is 12.4. The van der Waals surface area contributed by atoms with Crippen molar-refractivity contribution in [3.8, 4) is 6.07 Å². The topological polar surface area (TPSA) is 69.5 Å². The number of nitrogens with one attached hydrogen (secondary N) is 1. The molecule has 17 heavy (non-hydrogen) atoms. The average Bonchev–Trinajstić information content (AvgIpc) is 2.75. The molecule has 0 fully saturated rings. The zero-order valence-corrected chi connectivity index (χ0v) is 9.77. The van der Waals surface area contributed by atoms with E-state index in [9.17, 15) is 4.79 Å². The van der Waals surface area contributed by atoms with Gasteiger partial charge in [-0.25, -0.2) is 4.98 Å². The minimum absolute atomic E-state index is 0.0185. The molecule has 2 aromatic rings. The maximum Gasteiger partial charge on any atom is 0.180 e. The van der Waals surface area contributed by atoms with E-state index in [-0.39, 0.29) is 11.7 Å². The van der Waals surface area contributed by atoms with Gasteiger partial charge in [0.1, 0.15) is 5.92 Å². The van der Waals surface area contributed by atoms with E-state index < -0.39 is 5.92 Å². The van der Waals surface area contributed by atoms with Crippen molar-refractivity contribution in [2.24, 2.45) is 11.8 Å². The van der Waals surface area contributed by atoms with Crippen LogP contribution in [0.5, 0.6) is 0 Å². The minimum atomic E-state index is -0.588. The van der Waals surface area contributed by atoms with Crippen LogP contribution >= 0.6 is 0 Å². The summed E-state index contributed by atoms with van der Waals surface area (Å²) >= 11 is 0. The van der Waals surface area contributed by atoms with Gasteiger partial charge in [-0.2, -0.15) is 5.26 Å². The van der Waals surface area contributed by atoms with Crippen molar-refractivity contribution in [1.29, 1.82) is 5.26 Å². The number of H-pyrrole nitrogens is 1. The van der Waals surface area contributed by atoms with Crippen molar-refractivity contribution in [1.82, 2.24) is 9.97 Å². The van der Waals surface area contributed by atoms with Gasteiger partial charge < -0.3 is 4.98 Å². The lowest BCUT2D eigenvalue weighted by Crippen LogP contribution is -2.18. The van der Waals surface area contributed by atoms with E-state index in [0.717, 1.165) is 11.0 Å². The number of carbonyl (C=O) groups is 1. The zero-order valence-electron chi connectivity index (χ0n) is 9.77. The fraction of sp³-hybridized carbons (Fsp3) is 0.308. The fourth-order valence-corrected chi connectivity index (χ4v) is 1.78. The first-order valence-electron chi connectivity index (χ1n) is 5.50. The number of Topliss-reactive ketones (excluding diaryl/α,β-unsaturated/α-hetero) is 1. The van der Waals surface area contributed by atoms with E-state index >= 15 is 0 Å². The number of rotatable bonds is 3. The predicted octanol–water partition coefficient (Wildman–Crippen LogP) is 2.54. The lowest BCUT2D eigenvalue weighted by Gasteiger charge is -2.11. The molecule has 4 nitrogen and oxygen atoms in total. The molecule has 0 bridgehead atoms. The standard InChI is InChI=1S/C13H13N3O/c1-8(2)10(6-14)13(17)9-3-4-11-12(5-9)16-7-15-11/h3-5,7-8,10H,1-2H3,(H,15,16). The third kappa shape index (κ3) is 2.04. The Morgan fingerprint density at radius 3 is 2.88 bits per heavy atom. The SMILES string of the molecule is CC(C)C(C#N)C(=O)c1ccc2nc[nH]c2c1. The summed E-state index contributed by atoms with van der Waals surface area (Å²) in [7, 11) is 0. The second-order valence-corrected chi connectivity index (χ2v) is 4.35. The summed E-state index contributed by atoms with van der Waals surface area (Å²) < 4.78 is 0. The van der Waals surface area contributed by atoms with Crippen molar-refractivity contribution < 1.29 is 4.79 Å². The first-order chi connectivity index (χ1) is 8.13. The number of nitrogens with zero attached hydrogens (tertiary/aromatic N) is 2. The number of ketones is 1. The Bertz CT molecular complexity index is 592. The van der Waals surface area contributed by atoms with Crippen molar-refractivity contribution in [2.45, 2.75) is 13.8 Å². The molecule has 0 spiro atoms. The van der Waals surface area contributed by atoms with E-state index in [0.29, 0.717) is 5.56 Å². The van der Waals surface area contributed by atoms with Gasteiger partial charge in [0.15, 0.2) is 5.78 Å². The number of aromatic amines is 1. The monoisotopic (exact) mass is 227 g/mol. The van der Waals surface area contributed by atoms with Gasteiger partial charge >= 0.3 is 0 Å². The Hall–Kier alpha value is -2.15. The van der Waals surface area contributed by atoms with Crippen molar-refractivity contribution in [2.75, 3.05) is 0 Å². The Kier molecular flexibility index (Phi) is 2.92. The Labute approximate surface area is 99.3 Å². The first kappa shape index (κ1) is 11.3. The Balaban J connectivity index is 2.39. The number of hydrogen-bond acceptors (Lipinski definition) is 3. The average molecular weight is 227 g/mol. The number of aromatic nitrogens is 2. The predicted molar refractivity (Wildman–Crippen MR) is 64.4 cm³/mol. The van der Waals surface area contributed by atoms with Gasteiger partial charge in [0.25, 0.3) is 0 Å². The van der Waals surface area contributed by atoms with E-state index in [1.165, 1.54) is 0 Å². The summed E-state index contributed by atoms with van der Waals surface area (Å²) in [6, 6.07) is 7.32. The number of carbonyl (C=O) groups excluding carboxylic acids is 1. The molecule has 1 N–H and O–H groups in total. The maximum atomic E-state index is 12.1. The Morgan fingerprint density at radius 2 is 2.24 bits per heavy atom. The molecule has 0 saturated carbocycles. The van der Waals surface area contributed by atoms with Gasteiger partial charge in [-0.1, -0.05) is 13.8 Å². The van der Waals surface area contributed by atoms with Crippen LogP contribution in [-0.2, 0) is 0 Å². The highest BCUT2D eigenvalue weighted by Gasteiger charge is 2.23. The van der Waals surface area contributed by atoms with Crippen LogP contribution in [0.4, 0.5) is 0 Å². The first-order valence-corrected chi connectivity index (χ1v) is 5.50. The molecule has 1 aromatic heterocycles. The van der Waals surface area contributed by atoms with Crippen LogP contribution in [0.3, 0.4) is 0 Å². The summed E-state index contributed by atoms with van der Waals surface area (Å²) in [4.78, 5) is 19.2. The molecule has 0 radical (unpaired) electrons. The van der Waals surface area contributed by atoms with E-state index in [1.807, 2.05) is 13.8 Å². The highest BCUT2D eigenvalue weighted by atomic mass is 16.1. The molecule has 0 amide bonds. The third-order valence-corrected chi connectivity index (χ3v) is 2.79. The summed E-state index contributed by atoms with van der Waals surface area (Å²) in [5.41, 5.74) is 2.19. The summed E-state index contributed by atoms with van der Waals surface area (Å²) in [5.74, 6) is -0.695. The van der Waals surface area contributed by atoms with E-state index in [2.05, 4.69) is 16.0 Å². The van der Waals surface area contributed by atoms with Crippen LogP contribution in [0.2, 0.25) is 0 Å². The molecule has 1 heterocycles. The largest absolute Gasteiger partial charge is 0.345 e. The lowest BCUT2D eigenvalue weighted by molar-refractivity contribution is 0.0924. The quantitative estimate of drug-likeness (QED) is 0.819. The second kappa shape index (κ2) is 4.38. The third-order valence-electron chi connectivity index (χ3n) is 2.79. The summed E-state index contributed by atoms with van der Waals surface area (Å²) in [6.07, 6.45) is 1.59. The van der Waals surface area contributed by atoms with Crippen molar-refractivity contribution in [3.63, 3.8) is 0 Å². The van der Waals surface area contributed by atoms with E-state index in [4.69, 9.17) is 5.26 Å². The van der Waals surface area contributed by atoms with Gasteiger partial charge in [0.2, 0.25) is 0 Å². The van der Waals surface area contributed by atoms with Crippen LogP contribution in [0.15, 0.2) is 24.5 Å². The normalized spacial score (nSPS) is 12.6. The molecule has 0 saturated heterocycles. The molecule has 0 aliphatic heterocycles. The molecule has 1 unspecified atom stereocenters. The molecular formula is C13H13N3O. The Morgan fingerprint density at radius 1 is 1.47 bits per heavy atom. The molecule has 4 heteroatoms. The van der Waals surface area contributed by atoms with Crippen LogP contribution in [0.1, 0.15) is 24.2 Å². The number of benzene rings is 1. The maximum absolute atomic E-state index is 12.1. The molecule has 0 aliphatic carbocycles. The fourth-order valence-electron chi connectivity index (χ4n) is 1.78.